The molecule has 0 aromatic carbocycles. The first-order valence-electron chi connectivity index (χ1n) is 6.68. The molecule has 0 unspecified atom stereocenters. The first-order chi connectivity index (χ1) is 7.81. The number of rotatable bonds is 11. The summed E-state index contributed by atoms with van der Waals surface area (Å²) in [5.41, 5.74) is 0. The van der Waals surface area contributed by atoms with Crippen molar-refractivity contribution in [1.82, 2.24) is 5.32 Å². The minimum Gasteiger partial charge on any atom is -0.377 e. The highest BCUT2D eigenvalue weighted by atomic mass is 16.3. The summed E-state index contributed by atoms with van der Waals surface area (Å²) in [7, 11) is 0. The Hall–Kier alpha value is -0.570. The molecule has 0 aromatic heterocycles. The second kappa shape index (κ2) is 12.5. The van der Waals surface area contributed by atoms with E-state index in [1.807, 2.05) is 0 Å². The van der Waals surface area contributed by atoms with Gasteiger partial charge in [-0.3, -0.25) is 4.79 Å². The van der Waals surface area contributed by atoms with Crippen LogP contribution in [0.25, 0.3) is 0 Å². The van der Waals surface area contributed by atoms with Crippen molar-refractivity contribution in [2.75, 3.05) is 6.73 Å². The fourth-order valence-corrected chi connectivity index (χ4v) is 1.77. The van der Waals surface area contributed by atoms with Crippen LogP contribution in [0.3, 0.4) is 0 Å². The van der Waals surface area contributed by atoms with E-state index in [4.69, 9.17) is 5.11 Å². The lowest BCUT2D eigenvalue weighted by Gasteiger charge is -2.02. The van der Waals surface area contributed by atoms with Crippen molar-refractivity contribution in [2.45, 2.75) is 71.1 Å². The Morgan fingerprint density at radius 1 is 0.938 bits per heavy atom. The van der Waals surface area contributed by atoms with Gasteiger partial charge in [0.05, 0.1) is 0 Å². The average molecular weight is 229 g/mol. The molecular formula is C13H27NO2. The summed E-state index contributed by atoms with van der Waals surface area (Å²) < 4.78 is 0. The van der Waals surface area contributed by atoms with Crippen molar-refractivity contribution in [3.63, 3.8) is 0 Å². The first-order valence-corrected chi connectivity index (χ1v) is 6.68. The van der Waals surface area contributed by atoms with Gasteiger partial charge < -0.3 is 10.4 Å². The minimum absolute atomic E-state index is 0.0366. The Labute approximate surface area is 99.6 Å². The minimum atomic E-state index is -0.240. The molecule has 0 bridgehead atoms. The quantitative estimate of drug-likeness (QED) is 0.423. The van der Waals surface area contributed by atoms with Gasteiger partial charge in [-0.15, -0.1) is 0 Å². The second-order valence-corrected chi connectivity index (χ2v) is 4.34. The molecule has 16 heavy (non-hydrogen) atoms. The van der Waals surface area contributed by atoms with Crippen molar-refractivity contribution < 1.29 is 9.90 Å². The molecule has 3 heteroatoms. The number of aliphatic hydroxyl groups excluding tert-OH is 1. The number of unbranched alkanes of at least 4 members (excludes halogenated alkanes) is 8. The molecule has 0 spiro atoms. The molecule has 96 valence electrons. The molecule has 0 radical (unpaired) electrons. The zero-order valence-corrected chi connectivity index (χ0v) is 10.6. The molecule has 1 amide bonds. The molecule has 0 saturated carbocycles. The number of carbonyl (C=O) groups is 1. The highest BCUT2D eigenvalue weighted by molar-refractivity contribution is 5.75. The molecule has 0 saturated heterocycles. The number of aliphatic hydroxyl groups is 1. The van der Waals surface area contributed by atoms with Gasteiger partial charge in [0.25, 0.3) is 0 Å². The zero-order valence-electron chi connectivity index (χ0n) is 10.6. The molecule has 0 aliphatic carbocycles. The first kappa shape index (κ1) is 15.4. The Bertz CT molecular complexity index is 160. The molecule has 0 heterocycles. The van der Waals surface area contributed by atoms with Crippen molar-refractivity contribution in [3.05, 3.63) is 0 Å². The Balaban J connectivity index is 3.01. The standard InChI is InChI=1S/C13H27NO2/c1-2-3-4-5-6-7-8-9-10-11-13(16)14-12-15/h15H,2-12H2,1H3,(H,14,16). The highest BCUT2D eigenvalue weighted by Crippen LogP contribution is 2.10. The van der Waals surface area contributed by atoms with E-state index >= 15 is 0 Å². The fraction of sp³-hybridized carbons (Fsp3) is 0.923. The lowest BCUT2D eigenvalue weighted by atomic mass is 10.1. The normalized spacial score (nSPS) is 10.4. The Morgan fingerprint density at radius 2 is 1.44 bits per heavy atom. The Morgan fingerprint density at radius 3 is 1.94 bits per heavy atom. The smallest absolute Gasteiger partial charge is 0.221 e. The maximum absolute atomic E-state index is 11.0. The summed E-state index contributed by atoms with van der Waals surface area (Å²) in [5, 5.41) is 10.8. The fourth-order valence-electron chi connectivity index (χ4n) is 1.77. The van der Waals surface area contributed by atoms with Crippen molar-refractivity contribution in [1.29, 1.82) is 0 Å². The summed E-state index contributed by atoms with van der Waals surface area (Å²) in [5.74, 6) is -0.0366. The molecule has 0 rings (SSSR count). The van der Waals surface area contributed by atoms with Gasteiger partial charge in [0, 0.05) is 6.42 Å². The van der Waals surface area contributed by atoms with E-state index < -0.39 is 0 Å². The van der Waals surface area contributed by atoms with Crippen LogP contribution in [0.2, 0.25) is 0 Å². The third kappa shape index (κ3) is 11.5. The predicted molar refractivity (Wildman–Crippen MR) is 67.1 cm³/mol. The maximum Gasteiger partial charge on any atom is 0.221 e. The van der Waals surface area contributed by atoms with Gasteiger partial charge in [-0.05, 0) is 6.42 Å². The lowest BCUT2D eigenvalue weighted by Crippen LogP contribution is -2.23. The number of hydrogen-bond donors (Lipinski definition) is 2. The molecule has 2 N–H and O–H groups in total. The molecule has 0 aliphatic heterocycles. The number of hydrogen-bond acceptors (Lipinski definition) is 2. The van der Waals surface area contributed by atoms with Crippen LogP contribution in [-0.2, 0) is 4.79 Å². The third-order valence-corrected chi connectivity index (χ3v) is 2.78. The summed E-state index contributed by atoms with van der Waals surface area (Å²) in [6.07, 6.45) is 11.9. The average Bonchev–Trinajstić information content (AvgIpc) is 2.27. The van der Waals surface area contributed by atoms with E-state index in [1.165, 1.54) is 44.9 Å². The summed E-state index contributed by atoms with van der Waals surface area (Å²) in [6, 6.07) is 0. The molecule has 3 nitrogen and oxygen atoms in total. The van der Waals surface area contributed by atoms with Crippen molar-refractivity contribution >= 4 is 5.91 Å². The largest absolute Gasteiger partial charge is 0.377 e. The molecule has 0 aliphatic rings. The van der Waals surface area contributed by atoms with E-state index in [1.54, 1.807) is 0 Å². The van der Waals surface area contributed by atoms with Gasteiger partial charge in [0.1, 0.15) is 6.73 Å². The van der Waals surface area contributed by atoms with Crippen LogP contribution in [0.4, 0.5) is 0 Å². The Kier molecular flexibility index (Phi) is 12.1. The van der Waals surface area contributed by atoms with Gasteiger partial charge in [0.15, 0.2) is 0 Å². The number of nitrogens with one attached hydrogen (secondary N) is 1. The van der Waals surface area contributed by atoms with Crippen LogP contribution in [-0.4, -0.2) is 17.7 Å². The second-order valence-electron chi connectivity index (χ2n) is 4.34. The topological polar surface area (TPSA) is 49.3 Å². The van der Waals surface area contributed by atoms with Gasteiger partial charge >= 0.3 is 0 Å². The van der Waals surface area contributed by atoms with Crippen LogP contribution < -0.4 is 5.32 Å². The van der Waals surface area contributed by atoms with Crippen LogP contribution in [0.15, 0.2) is 0 Å². The summed E-state index contributed by atoms with van der Waals surface area (Å²) in [4.78, 5) is 11.0. The SMILES string of the molecule is CCCCCCCCCCCC(=O)NCO. The van der Waals surface area contributed by atoms with Crippen LogP contribution in [0.5, 0.6) is 0 Å². The van der Waals surface area contributed by atoms with E-state index in [0.717, 1.165) is 12.8 Å². The molecule has 0 fully saturated rings. The maximum atomic E-state index is 11.0. The monoisotopic (exact) mass is 229 g/mol. The van der Waals surface area contributed by atoms with Crippen molar-refractivity contribution in [3.8, 4) is 0 Å². The number of carbonyl (C=O) groups excluding carboxylic acids is 1. The van der Waals surface area contributed by atoms with Crippen LogP contribution in [0, 0.1) is 0 Å². The van der Waals surface area contributed by atoms with E-state index in [0.29, 0.717) is 6.42 Å². The number of amides is 1. The van der Waals surface area contributed by atoms with Gasteiger partial charge in [-0.25, -0.2) is 0 Å². The molecular weight excluding hydrogens is 202 g/mol. The molecule has 0 aromatic rings. The van der Waals surface area contributed by atoms with E-state index in [9.17, 15) is 4.79 Å². The molecule has 0 atom stereocenters. The van der Waals surface area contributed by atoms with E-state index in [-0.39, 0.29) is 12.6 Å². The van der Waals surface area contributed by atoms with Crippen molar-refractivity contribution in [2.24, 2.45) is 0 Å². The zero-order chi connectivity index (χ0) is 12.1. The summed E-state index contributed by atoms with van der Waals surface area (Å²) in [6.45, 7) is 1.99. The van der Waals surface area contributed by atoms with Gasteiger partial charge in [-0.1, -0.05) is 58.3 Å². The predicted octanol–water partition coefficient (Wildman–Crippen LogP) is 2.97. The lowest BCUT2D eigenvalue weighted by molar-refractivity contribution is -0.122. The highest BCUT2D eigenvalue weighted by Gasteiger charge is 1.98. The summed E-state index contributed by atoms with van der Waals surface area (Å²) >= 11 is 0. The van der Waals surface area contributed by atoms with Gasteiger partial charge in [0.2, 0.25) is 5.91 Å². The van der Waals surface area contributed by atoms with E-state index in [2.05, 4.69) is 12.2 Å². The van der Waals surface area contributed by atoms with Gasteiger partial charge in [-0.2, -0.15) is 0 Å². The van der Waals surface area contributed by atoms with Crippen LogP contribution >= 0.6 is 0 Å². The van der Waals surface area contributed by atoms with Crippen LogP contribution in [0.1, 0.15) is 71.1 Å². The third-order valence-electron chi connectivity index (χ3n) is 2.78.